The molecule has 0 aliphatic carbocycles. The summed E-state index contributed by atoms with van der Waals surface area (Å²) in [5, 5.41) is 8.85. The van der Waals surface area contributed by atoms with Crippen LogP contribution in [0.4, 0.5) is 0 Å². The van der Waals surface area contributed by atoms with Gasteiger partial charge in [-0.05, 0) is 30.7 Å². The smallest absolute Gasteiger partial charge is 0.335 e. The van der Waals surface area contributed by atoms with Gasteiger partial charge in [0.15, 0.2) is 6.61 Å². The lowest BCUT2D eigenvalue weighted by molar-refractivity contribution is -0.129. The van der Waals surface area contributed by atoms with Gasteiger partial charge in [0, 0.05) is 6.92 Å². The van der Waals surface area contributed by atoms with E-state index in [9.17, 15) is 14.4 Å². The van der Waals surface area contributed by atoms with Crippen LogP contribution in [0.5, 0.6) is 5.75 Å². The molecule has 0 spiro atoms. The van der Waals surface area contributed by atoms with Crippen molar-refractivity contribution in [2.24, 2.45) is 0 Å². The predicted octanol–water partition coefficient (Wildman–Crippen LogP) is 0.239. The van der Waals surface area contributed by atoms with E-state index < -0.39 is 17.8 Å². The molecule has 102 valence electrons. The number of aromatic carboxylic acids is 1. The molecule has 0 saturated carbocycles. The van der Waals surface area contributed by atoms with Crippen LogP contribution in [-0.4, -0.2) is 29.5 Å². The summed E-state index contributed by atoms with van der Waals surface area (Å²) in [6.07, 6.45) is 0. The van der Waals surface area contributed by atoms with Gasteiger partial charge in [-0.3, -0.25) is 20.4 Å². The first-order chi connectivity index (χ1) is 8.90. The van der Waals surface area contributed by atoms with Gasteiger partial charge in [0.2, 0.25) is 5.91 Å². The number of carboxylic acids is 1. The van der Waals surface area contributed by atoms with Crippen LogP contribution in [0.15, 0.2) is 18.2 Å². The van der Waals surface area contributed by atoms with Crippen LogP contribution >= 0.6 is 0 Å². The van der Waals surface area contributed by atoms with E-state index >= 15 is 0 Å². The molecule has 0 radical (unpaired) electrons. The fourth-order valence-electron chi connectivity index (χ4n) is 1.31. The molecule has 7 heteroatoms. The Labute approximate surface area is 109 Å². The molecular formula is C12H14N2O5. The molecule has 1 aromatic rings. The normalized spacial score (nSPS) is 9.58. The molecule has 0 saturated heterocycles. The van der Waals surface area contributed by atoms with Crippen molar-refractivity contribution >= 4 is 17.8 Å². The molecule has 1 aromatic carbocycles. The van der Waals surface area contributed by atoms with Gasteiger partial charge < -0.3 is 9.84 Å². The number of amides is 2. The van der Waals surface area contributed by atoms with Gasteiger partial charge >= 0.3 is 5.97 Å². The molecule has 0 aliphatic rings. The lowest BCUT2D eigenvalue weighted by Gasteiger charge is -2.09. The molecule has 0 heterocycles. The number of hydrazine groups is 1. The number of aryl methyl sites for hydroxylation is 1. The quantitative estimate of drug-likeness (QED) is 0.677. The maximum Gasteiger partial charge on any atom is 0.335 e. The van der Waals surface area contributed by atoms with Gasteiger partial charge in [-0.1, -0.05) is 0 Å². The van der Waals surface area contributed by atoms with Crippen molar-refractivity contribution in [2.75, 3.05) is 6.61 Å². The molecule has 0 aromatic heterocycles. The minimum absolute atomic E-state index is 0.176. The third-order valence-electron chi connectivity index (χ3n) is 2.18. The molecule has 0 fully saturated rings. The molecule has 7 nitrogen and oxygen atoms in total. The Bertz CT molecular complexity index is 513. The molecule has 2 amide bonds. The summed E-state index contributed by atoms with van der Waals surface area (Å²) >= 11 is 0. The van der Waals surface area contributed by atoms with Crippen molar-refractivity contribution in [3.8, 4) is 5.75 Å². The number of ether oxygens (including phenoxy) is 1. The fraction of sp³-hybridized carbons (Fsp3) is 0.250. The van der Waals surface area contributed by atoms with Crippen LogP contribution < -0.4 is 15.6 Å². The van der Waals surface area contributed by atoms with Crippen molar-refractivity contribution in [1.82, 2.24) is 10.9 Å². The lowest BCUT2D eigenvalue weighted by Crippen LogP contribution is -2.42. The largest absolute Gasteiger partial charge is 0.484 e. The first kappa shape index (κ1) is 14.5. The van der Waals surface area contributed by atoms with Gasteiger partial charge in [0.25, 0.3) is 5.91 Å². The Morgan fingerprint density at radius 2 is 1.95 bits per heavy atom. The average molecular weight is 266 g/mol. The van der Waals surface area contributed by atoms with Crippen molar-refractivity contribution in [3.63, 3.8) is 0 Å². The fourth-order valence-corrected chi connectivity index (χ4v) is 1.31. The maximum absolute atomic E-state index is 11.2. The summed E-state index contributed by atoms with van der Waals surface area (Å²) in [5.74, 6) is -1.56. The summed E-state index contributed by atoms with van der Waals surface area (Å²) in [6.45, 7) is 2.61. The van der Waals surface area contributed by atoms with E-state index in [1.807, 2.05) is 0 Å². The van der Waals surface area contributed by atoms with E-state index in [2.05, 4.69) is 10.9 Å². The SMILES string of the molecule is CC(=O)NNC(=O)COc1ccc(C(=O)O)c(C)c1. The third kappa shape index (κ3) is 4.66. The van der Waals surface area contributed by atoms with Crippen molar-refractivity contribution in [1.29, 1.82) is 0 Å². The van der Waals surface area contributed by atoms with E-state index in [1.54, 1.807) is 6.92 Å². The highest BCUT2D eigenvalue weighted by atomic mass is 16.5. The van der Waals surface area contributed by atoms with Gasteiger partial charge in [-0.25, -0.2) is 4.79 Å². The van der Waals surface area contributed by atoms with Crippen LogP contribution in [0, 0.1) is 6.92 Å². The number of hydrogen-bond acceptors (Lipinski definition) is 4. The van der Waals surface area contributed by atoms with E-state index in [0.29, 0.717) is 11.3 Å². The van der Waals surface area contributed by atoms with Crippen LogP contribution in [0.2, 0.25) is 0 Å². The zero-order valence-corrected chi connectivity index (χ0v) is 10.5. The summed E-state index contributed by atoms with van der Waals surface area (Å²) < 4.78 is 5.16. The zero-order chi connectivity index (χ0) is 14.4. The van der Waals surface area contributed by atoms with Gasteiger partial charge in [-0.2, -0.15) is 0 Å². The van der Waals surface area contributed by atoms with Gasteiger partial charge in [0.05, 0.1) is 5.56 Å². The van der Waals surface area contributed by atoms with Gasteiger partial charge in [-0.15, -0.1) is 0 Å². The molecule has 0 unspecified atom stereocenters. The van der Waals surface area contributed by atoms with Gasteiger partial charge in [0.1, 0.15) is 5.75 Å². The van der Waals surface area contributed by atoms with Crippen LogP contribution in [0.3, 0.4) is 0 Å². The second-order valence-electron chi connectivity index (χ2n) is 3.80. The topological polar surface area (TPSA) is 105 Å². The molecule has 0 bridgehead atoms. The highest BCUT2D eigenvalue weighted by Crippen LogP contribution is 2.17. The number of nitrogens with one attached hydrogen (secondary N) is 2. The highest BCUT2D eigenvalue weighted by Gasteiger charge is 2.08. The highest BCUT2D eigenvalue weighted by molar-refractivity contribution is 5.89. The Hall–Kier alpha value is -2.57. The van der Waals surface area contributed by atoms with Crippen LogP contribution in [0.1, 0.15) is 22.8 Å². The number of carboxylic acid groups (broad SMARTS) is 1. The van der Waals surface area contributed by atoms with Crippen molar-refractivity contribution in [3.05, 3.63) is 29.3 Å². The molecule has 3 N–H and O–H groups in total. The summed E-state index contributed by atoms with van der Waals surface area (Å²) in [4.78, 5) is 32.6. The molecule has 1 rings (SSSR count). The monoisotopic (exact) mass is 266 g/mol. The van der Waals surface area contributed by atoms with Crippen LogP contribution in [0.25, 0.3) is 0 Å². The number of hydrogen-bond donors (Lipinski definition) is 3. The average Bonchev–Trinajstić information content (AvgIpc) is 2.33. The first-order valence-corrected chi connectivity index (χ1v) is 5.42. The van der Waals surface area contributed by atoms with E-state index in [-0.39, 0.29) is 12.2 Å². The minimum atomic E-state index is -1.02. The summed E-state index contributed by atoms with van der Waals surface area (Å²) in [5.41, 5.74) is 4.97. The molecule has 19 heavy (non-hydrogen) atoms. The van der Waals surface area contributed by atoms with E-state index in [0.717, 1.165) is 0 Å². The molecule has 0 aliphatic heterocycles. The summed E-state index contributed by atoms with van der Waals surface area (Å²) in [6, 6.07) is 4.38. The Morgan fingerprint density at radius 3 is 2.47 bits per heavy atom. The van der Waals surface area contributed by atoms with E-state index in [1.165, 1.54) is 25.1 Å². The second-order valence-corrected chi connectivity index (χ2v) is 3.80. The Kier molecular flexibility index (Phi) is 4.87. The number of rotatable bonds is 4. The Morgan fingerprint density at radius 1 is 1.26 bits per heavy atom. The number of benzene rings is 1. The van der Waals surface area contributed by atoms with Crippen molar-refractivity contribution in [2.45, 2.75) is 13.8 Å². The molecule has 0 atom stereocenters. The minimum Gasteiger partial charge on any atom is -0.484 e. The number of carbonyl (C=O) groups is 3. The predicted molar refractivity (Wildman–Crippen MR) is 65.6 cm³/mol. The standard InChI is InChI=1S/C12H14N2O5/c1-7-5-9(3-4-10(7)12(17)18)19-6-11(16)14-13-8(2)15/h3-5H,6H2,1-2H3,(H,13,15)(H,14,16)(H,17,18). The van der Waals surface area contributed by atoms with Crippen LogP contribution in [-0.2, 0) is 9.59 Å². The van der Waals surface area contributed by atoms with Crippen molar-refractivity contribution < 1.29 is 24.2 Å². The first-order valence-electron chi connectivity index (χ1n) is 5.42. The second kappa shape index (κ2) is 6.39. The lowest BCUT2D eigenvalue weighted by atomic mass is 10.1. The maximum atomic E-state index is 11.2. The summed E-state index contributed by atoms with van der Waals surface area (Å²) in [7, 11) is 0. The zero-order valence-electron chi connectivity index (χ0n) is 10.5. The van der Waals surface area contributed by atoms with E-state index in [4.69, 9.17) is 9.84 Å². The molecular weight excluding hydrogens is 252 g/mol. The number of carbonyl (C=O) groups excluding carboxylic acids is 2. The third-order valence-corrected chi connectivity index (χ3v) is 2.18. The Balaban J connectivity index is 2.54.